The average molecular weight is 605 g/mol. The summed E-state index contributed by atoms with van der Waals surface area (Å²) in [6.07, 6.45) is 2.10. The first-order valence-electron chi connectivity index (χ1n) is 15.4. The molecule has 4 aromatic heterocycles. The van der Waals surface area contributed by atoms with Gasteiger partial charge >= 0.3 is 0 Å². The molecule has 0 saturated carbocycles. The molecule has 0 aliphatic carbocycles. The summed E-state index contributed by atoms with van der Waals surface area (Å²) in [5.74, 6) is 0.704. The zero-order valence-electron chi connectivity index (χ0n) is 24.6. The van der Waals surface area contributed by atoms with Crippen LogP contribution in [0.1, 0.15) is 0 Å². The van der Waals surface area contributed by atoms with E-state index < -0.39 is 0 Å². The van der Waals surface area contributed by atoms with E-state index in [0.717, 1.165) is 60.9 Å². The van der Waals surface area contributed by atoms with E-state index in [4.69, 9.17) is 15.0 Å². The molecule has 0 amide bonds. The molecule has 46 heavy (non-hydrogen) atoms. The Bertz CT molecular complexity index is 2810. The molecule has 0 saturated heterocycles. The van der Waals surface area contributed by atoms with Gasteiger partial charge in [0.25, 0.3) is 0 Å². The summed E-state index contributed by atoms with van der Waals surface area (Å²) in [4.78, 5) is 15.4. The van der Waals surface area contributed by atoms with Crippen LogP contribution in [0.3, 0.4) is 0 Å². The maximum absolute atomic E-state index is 5.23. The van der Waals surface area contributed by atoms with Crippen molar-refractivity contribution in [3.8, 4) is 33.9 Å². The molecule has 10 aromatic rings. The Morgan fingerprint density at radius 1 is 0.435 bits per heavy atom. The fourth-order valence-electron chi connectivity index (χ4n) is 6.84. The molecule has 0 atom stereocenters. The summed E-state index contributed by atoms with van der Waals surface area (Å²) in [5, 5.41) is 7.17. The maximum atomic E-state index is 5.23. The number of fused-ring (bicyclic) bond motifs is 11. The van der Waals surface area contributed by atoms with Crippen LogP contribution in [0.15, 0.2) is 146 Å². The fourth-order valence-corrected chi connectivity index (χ4v) is 7.93. The van der Waals surface area contributed by atoms with Crippen molar-refractivity contribution in [1.29, 1.82) is 0 Å². The molecule has 0 aliphatic rings. The maximum Gasteiger partial charge on any atom is 0.160 e. The minimum Gasteiger partial charge on any atom is -0.299 e. The van der Waals surface area contributed by atoms with Gasteiger partial charge in [0.05, 0.1) is 22.4 Å². The van der Waals surface area contributed by atoms with Gasteiger partial charge in [0.2, 0.25) is 0 Å². The second-order valence-electron chi connectivity index (χ2n) is 11.7. The van der Waals surface area contributed by atoms with Gasteiger partial charge in [-0.25, -0.2) is 15.0 Å². The Morgan fingerprint density at radius 2 is 1.13 bits per heavy atom. The molecule has 0 unspecified atom stereocenters. The van der Waals surface area contributed by atoms with Crippen LogP contribution in [0.4, 0.5) is 0 Å². The van der Waals surface area contributed by atoms with Gasteiger partial charge in [0.15, 0.2) is 5.82 Å². The van der Waals surface area contributed by atoms with Gasteiger partial charge in [-0.3, -0.25) is 4.40 Å². The minimum atomic E-state index is 0.704. The Hall–Kier alpha value is -5.91. The number of hydrogen-bond acceptors (Lipinski definition) is 4. The van der Waals surface area contributed by atoms with Crippen LogP contribution in [-0.2, 0) is 0 Å². The molecule has 5 heteroatoms. The van der Waals surface area contributed by atoms with Crippen LogP contribution in [-0.4, -0.2) is 19.4 Å². The van der Waals surface area contributed by atoms with Gasteiger partial charge in [0, 0.05) is 53.8 Å². The highest BCUT2D eigenvalue weighted by atomic mass is 32.1. The number of nitrogens with zero attached hydrogens (tertiary/aromatic N) is 4. The second-order valence-corrected chi connectivity index (χ2v) is 12.8. The standard InChI is InChI=1S/C41H24N4S/c1-2-10-25(11-3-1)34-24-35(26-18-20-37-33(22-26)29-13-6-7-15-36(29)46-37)43-41(42-34)27-17-19-31-32(23-27)28-12-4-5-14-30(28)39-40(31)45-21-9-8-16-38(45)44-39/h1-24H. The molecule has 10 rings (SSSR count). The minimum absolute atomic E-state index is 0.704. The van der Waals surface area contributed by atoms with Crippen LogP contribution < -0.4 is 0 Å². The topological polar surface area (TPSA) is 43.1 Å². The van der Waals surface area contributed by atoms with Crippen LogP contribution in [0.5, 0.6) is 0 Å². The van der Waals surface area contributed by atoms with Crippen molar-refractivity contribution >= 4 is 69.7 Å². The molecule has 0 bridgehead atoms. The molecule has 4 heterocycles. The van der Waals surface area contributed by atoms with Gasteiger partial charge in [-0.2, -0.15) is 0 Å². The lowest BCUT2D eigenvalue weighted by atomic mass is 9.97. The van der Waals surface area contributed by atoms with Crippen molar-refractivity contribution in [2.75, 3.05) is 0 Å². The van der Waals surface area contributed by atoms with E-state index in [1.54, 1.807) is 0 Å². The van der Waals surface area contributed by atoms with E-state index in [1.165, 1.54) is 25.6 Å². The first-order chi connectivity index (χ1) is 22.8. The van der Waals surface area contributed by atoms with Crippen LogP contribution in [0, 0.1) is 0 Å². The van der Waals surface area contributed by atoms with E-state index in [-0.39, 0.29) is 0 Å². The third-order valence-electron chi connectivity index (χ3n) is 9.00. The Labute approximate surface area is 267 Å². The lowest BCUT2D eigenvalue weighted by Gasteiger charge is -2.12. The van der Waals surface area contributed by atoms with Crippen molar-refractivity contribution in [3.63, 3.8) is 0 Å². The number of thiophene rings is 1. The number of benzene rings is 6. The summed E-state index contributed by atoms with van der Waals surface area (Å²) >= 11 is 1.83. The molecule has 0 spiro atoms. The Kier molecular flexibility index (Phi) is 5.41. The van der Waals surface area contributed by atoms with Gasteiger partial charge in [-0.1, -0.05) is 97.1 Å². The average Bonchev–Trinajstić information content (AvgIpc) is 3.70. The van der Waals surface area contributed by atoms with Crippen molar-refractivity contribution in [1.82, 2.24) is 19.4 Å². The Balaban J connectivity index is 1.23. The predicted molar refractivity (Wildman–Crippen MR) is 192 cm³/mol. The number of imidazole rings is 1. The van der Waals surface area contributed by atoms with Gasteiger partial charge in [-0.05, 0) is 53.2 Å². The second kappa shape index (κ2) is 9.80. The van der Waals surface area contributed by atoms with Crippen LogP contribution in [0.2, 0.25) is 0 Å². The number of hydrogen-bond donors (Lipinski definition) is 0. The first kappa shape index (κ1) is 25.4. The van der Waals surface area contributed by atoms with Crippen molar-refractivity contribution in [3.05, 3.63) is 146 Å². The van der Waals surface area contributed by atoms with Crippen molar-refractivity contribution in [2.45, 2.75) is 0 Å². The largest absolute Gasteiger partial charge is 0.299 e. The quantitative estimate of drug-likeness (QED) is 0.188. The predicted octanol–water partition coefficient (Wildman–Crippen LogP) is 11.0. The Morgan fingerprint density at radius 3 is 2.02 bits per heavy atom. The third-order valence-corrected chi connectivity index (χ3v) is 10.2. The normalized spacial score (nSPS) is 11.9. The monoisotopic (exact) mass is 604 g/mol. The summed E-state index contributed by atoms with van der Waals surface area (Å²) in [6.45, 7) is 0. The van der Waals surface area contributed by atoms with E-state index in [0.29, 0.717) is 5.82 Å². The number of rotatable bonds is 3. The van der Waals surface area contributed by atoms with E-state index in [2.05, 4.69) is 138 Å². The van der Waals surface area contributed by atoms with Crippen molar-refractivity contribution < 1.29 is 0 Å². The molecule has 0 aliphatic heterocycles. The van der Waals surface area contributed by atoms with Crippen LogP contribution in [0.25, 0.3) is 92.3 Å². The summed E-state index contributed by atoms with van der Waals surface area (Å²) in [5.41, 5.74) is 8.00. The van der Waals surface area contributed by atoms with E-state index >= 15 is 0 Å². The lowest BCUT2D eigenvalue weighted by molar-refractivity contribution is 1.18. The molecular weight excluding hydrogens is 581 g/mol. The van der Waals surface area contributed by atoms with E-state index in [9.17, 15) is 0 Å². The zero-order chi connectivity index (χ0) is 30.2. The SMILES string of the molecule is c1ccc(-c2cc(-c3ccc4sc5ccccc5c4c3)nc(-c3ccc4c(c3)c3ccccc3c3nc5ccccn5c43)n2)cc1. The number of pyridine rings is 1. The molecule has 0 radical (unpaired) electrons. The lowest BCUT2D eigenvalue weighted by Crippen LogP contribution is -1.96. The van der Waals surface area contributed by atoms with Gasteiger partial charge < -0.3 is 0 Å². The highest BCUT2D eigenvalue weighted by Gasteiger charge is 2.17. The molecule has 214 valence electrons. The smallest absolute Gasteiger partial charge is 0.160 e. The third kappa shape index (κ3) is 3.82. The summed E-state index contributed by atoms with van der Waals surface area (Å²) in [7, 11) is 0. The van der Waals surface area contributed by atoms with Crippen LogP contribution >= 0.6 is 11.3 Å². The van der Waals surface area contributed by atoms with Gasteiger partial charge in [-0.15, -0.1) is 11.3 Å². The zero-order valence-corrected chi connectivity index (χ0v) is 25.4. The highest BCUT2D eigenvalue weighted by molar-refractivity contribution is 7.25. The van der Waals surface area contributed by atoms with E-state index in [1.807, 2.05) is 23.5 Å². The molecular formula is C41H24N4S. The van der Waals surface area contributed by atoms with Gasteiger partial charge in [0.1, 0.15) is 5.65 Å². The summed E-state index contributed by atoms with van der Waals surface area (Å²) in [6, 6.07) is 49.2. The molecule has 0 N–H and O–H groups in total. The summed E-state index contributed by atoms with van der Waals surface area (Å²) < 4.78 is 4.77. The molecule has 0 fully saturated rings. The molecule has 4 nitrogen and oxygen atoms in total. The number of aromatic nitrogens is 4. The first-order valence-corrected chi connectivity index (χ1v) is 16.2. The van der Waals surface area contributed by atoms with Crippen molar-refractivity contribution in [2.24, 2.45) is 0 Å². The molecule has 6 aromatic carbocycles. The highest BCUT2D eigenvalue weighted by Crippen LogP contribution is 2.39. The fraction of sp³-hybridized carbons (Fsp3) is 0.